The van der Waals surface area contributed by atoms with Crippen molar-refractivity contribution >= 4 is 6.47 Å². The van der Waals surface area contributed by atoms with Crippen molar-refractivity contribution in [2.45, 2.75) is 32.8 Å². The van der Waals surface area contributed by atoms with Crippen LogP contribution in [0.15, 0.2) is 12.1 Å². The Bertz CT molecular complexity index is 395. The summed E-state index contributed by atoms with van der Waals surface area (Å²) in [6, 6.07) is 4.41. The van der Waals surface area contributed by atoms with Gasteiger partial charge in [0.05, 0.1) is 6.10 Å². The lowest BCUT2D eigenvalue weighted by atomic mass is 10.00. The molecule has 1 aromatic carbocycles. The first-order valence-electron chi connectivity index (χ1n) is 5.94. The summed E-state index contributed by atoms with van der Waals surface area (Å²) in [5.41, 5.74) is 5.23. The molecule has 0 aliphatic heterocycles. The maximum absolute atomic E-state index is 10.1. The quantitative estimate of drug-likeness (QED) is 0.804. The van der Waals surface area contributed by atoms with Gasteiger partial charge in [-0.25, -0.2) is 0 Å². The van der Waals surface area contributed by atoms with Crippen molar-refractivity contribution < 1.29 is 14.6 Å². The number of rotatable bonds is 4. The highest BCUT2D eigenvalue weighted by Crippen LogP contribution is 2.31. The van der Waals surface area contributed by atoms with Gasteiger partial charge in [-0.1, -0.05) is 12.1 Å². The van der Waals surface area contributed by atoms with Gasteiger partial charge in [0.1, 0.15) is 6.61 Å². The van der Waals surface area contributed by atoms with Crippen molar-refractivity contribution in [3.8, 4) is 0 Å². The Morgan fingerprint density at radius 3 is 2.35 bits per heavy atom. The molecule has 1 atom stereocenters. The molecular weight excluding hydrogens is 216 g/mol. The van der Waals surface area contributed by atoms with Gasteiger partial charge in [-0.2, -0.15) is 0 Å². The van der Waals surface area contributed by atoms with E-state index in [0.717, 1.165) is 12.8 Å². The number of carbonyl (C=O) groups is 1. The van der Waals surface area contributed by atoms with Crippen LogP contribution >= 0.6 is 0 Å². The summed E-state index contributed by atoms with van der Waals surface area (Å²) in [5, 5.41) is 9.91. The van der Waals surface area contributed by atoms with Crippen LogP contribution in [0.25, 0.3) is 0 Å². The summed E-state index contributed by atoms with van der Waals surface area (Å²) < 4.78 is 4.62. The first-order chi connectivity index (χ1) is 8.11. The molecule has 17 heavy (non-hydrogen) atoms. The lowest BCUT2D eigenvalue weighted by molar-refractivity contribution is -0.132. The number of ether oxygens (including phenoxy) is 1. The molecule has 1 aromatic rings. The van der Waals surface area contributed by atoms with Gasteiger partial charge in [0, 0.05) is 0 Å². The maximum atomic E-state index is 10.1. The Balaban J connectivity index is 2.08. The average Bonchev–Trinajstić information content (AvgIpc) is 2.69. The molecule has 2 rings (SSSR count). The van der Waals surface area contributed by atoms with Crippen LogP contribution in [0.5, 0.6) is 0 Å². The van der Waals surface area contributed by atoms with E-state index in [-0.39, 0.29) is 12.5 Å². The Morgan fingerprint density at radius 1 is 1.35 bits per heavy atom. The molecule has 1 unspecified atom stereocenters. The second-order valence-corrected chi connectivity index (χ2v) is 4.87. The van der Waals surface area contributed by atoms with Gasteiger partial charge in [0.2, 0.25) is 0 Å². The second kappa shape index (κ2) is 4.88. The van der Waals surface area contributed by atoms with Crippen LogP contribution in [0.3, 0.4) is 0 Å². The molecule has 0 radical (unpaired) electrons. The van der Waals surface area contributed by atoms with Gasteiger partial charge in [-0.05, 0) is 54.9 Å². The fourth-order valence-electron chi connectivity index (χ4n) is 2.50. The van der Waals surface area contributed by atoms with Crippen molar-refractivity contribution in [1.29, 1.82) is 0 Å². The van der Waals surface area contributed by atoms with Gasteiger partial charge < -0.3 is 9.84 Å². The minimum Gasteiger partial charge on any atom is -0.465 e. The van der Waals surface area contributed by atoms with E-state index < -0.39 is 6.10 Å². The normalized spacial score (nSPS) is 16.6. The predicted molar refractivity (Wildman–Crippen MR) is 64.8 cm³/mol. The lowest BCUT2D eigenvalue weighted by Gasteiger charge is -2.15. The summed E-state index contributed by atoms with van der Waals surface area (Å²) >= 11 is 0. The molecule has 0 spiro atoms. The lowest BCUT2D eigenvalue weighted by Crippen LogP contribution is -2.26. The number of aliphatic hydroxyl groups excluding tert-OH is 1. The van der Waals surface area contributed by atoms with Gasteiger partial charge in [0.25, 0.3) is 6.47 Å². The van der Waals surface area contributed by atoms with Crippen LogP contribution in [0.2, 0.25) is 0 Å². The van der Waals surface area contributed by atoms with Gasteiger partial charge in [0.15, 0.2) is 0 Å². The number of fused-ring (bicyclic) bond motifs is 1. The average molecular weight is 234 g/mol. The van der Waals surface area contributed by atoms with Gasteiger partial charge in [-0.15, -0.1) is 0 Å². The second-order valence-electron chi connectivity index (χ2n) is 4.87. The van der Waals surface area contributed by atoms with Crippen molar-refractivity contribution in [3.05, 3.63) is 34.4 Å². The highest BCUT2D eigenvalue weighted by atomic mass is 16.5. The Morgan fingerprint density at radius 2 is 1.88 bits per heavy atom. The molecule has 0 aromatic heterocycles. The topological polar surface area (TPSA) is 46.5 Å². The third-order valence-corrected chi connectivity index (χ3v) is 3.66. The summed E-state index contributed by atoms with van der Waals surface area (Å²) in [5.74, 6) is 0.172. The Kier molecular flexibility index (Phi) is 3.48. The van der Waals surface area contributed by atoms with E-state index in [1.807, 2.05) is 0 Å². The number of hydrogen-bond acceptors (Lipinski definition) is 3. The van der Waals surface area contributed by atoms with Crippen molar-refractivity contribution in [2.24, 2.45) is 5.92 Å². The number of aryl methyl sites for hydroxylation is 2. The molecule has 1 aliphatic rings. The molecular formula is C14H18O3. The van der Waals surface area contributed by atoms with Crippen LogP contribution in [0.1, 0.15) is 22.3 Å². The van der Waals surface area contributed by atoms with Crippen LogP contribution in [0.4, 0.5) is 0 Å². The first kappa shape index (κ1) is 12.1. The third kappa shape index (κ3) is 2.50. The smallest absolute Gasteiger partial charge is 0.293 e. The van der Waals surface area contributed by atoms with Crippen molar-refractivity contribution in [2.75, 3.05) is 6.61 Å². The zero-order valence-electron chi connectivity index (χ0n) is 10.3. The number of hydrogen-bond donors (Lipinski definition) is 1. The van der Waals surface area contributed by atoms with E-state index in [1.54, 1.807) is 0 Å². The summed E-state index contributed by atoms with van der Waals surface area (Å²) in [7, 11) is 0. The van der Waals surface area contributed by atoms with E-state index >= 15 is 0 Å². The van der Waals surface area contributed by atoms with Crippen LogP contribution in [0, 0.1) is 19.8 Å². The van der Waals surface area contributed by atoms with Gasteiger partial charge >= 0.3 is 0 Å². The van der Waals surface area contributed by atoms with E-state index in [4.69, 9.17) is 0 Å². The molecule has 0 saturated carbocycles. The van der Waals surface area contributed by atoms with E-state index in [0.29, 0.717) is 6.47 Å². The fraction of sp³-hybridized carbons (Fsp3) is 0.500. The molecule has 3 nitrogen and oxygen atoms in total. The summed E-state index contributed by atoms with van der Waals surface area (Å²) in [6.45, 7) is 4.70. The molecule has 92 valence electrons. The standard InChI is InChI=1S/C14H18O3/c1-9-3-11-5-13(14(16)7-17-8-15)6-12(11)4-10(9)2/h3-4,8,13-14,16H,5-7H2,1-2H3. The first-order valence-corrected chi connectivity index (χ1v) is 5.94. The molecule has 1 N–H and O–H groups in total. The summed E-state index contributed by atoms with van der Waals surface area (Å²) in [6.07, 6.45) is 1.19. The van der Waals surface area contributed by atoms with Crippen molar-refractivity contribution in [1.82, 2.24) is 0 Å². The number of carbonyl (C=O) groups excluding carboxylic acids is 1. The molecule has 0 heterocycles. The summed E-state index contributed by atoms with van der Waals surface area (Å²) in [4.78, 5) is 10.1. The molecule has 0 amide bonds. The SMILES string of the molecule is Cc1cc2c(cc1C)CC(C(O)COC=O)C2. The van der Waals surface area contributed by atoms with Crippen LogP contribution in [-0.2, 0) is 22.4 Å². The van der Waals surface area contributed by atoms with Crippen LogP contribution < -0.4 is 0 Å². The molecule has 1 aliphatic carbocycles. The zero-order valence-corrected chi connectivity index (χ0v) is 10.3. The number of aliphatic hydroxyl groups is 1. The zero-order chi connectivity index (χ0) is 12.4. The van der Waals surface area contributed by atoms with Crippen molar-refractivity contribution in [3.63, 3.8) is 0 Å². The Hall–Kier alpha value is -1.35. The largest absolute Gasteiger partial charge is 0.465 e. The Labute approximate surface area is 101 Å². The number of benzene rings is 1. The predicted octanol–water partition coefficient (Wildman–Crippen LogP) is 1.55. The maximum Gasteiger partial charge on any atom is 0.293 e. The highest BCUT2D eigenvalue weighted by Gasteiger charge is 2.28. The van der Waals surface area contributed by atoms with E-state index in [1.165, 1.54) is 22.3 Å². The molecule has 0 fully saturated rings. The fourth-order valence-corrected chi connectivity index (χ4v) is 2.50. The van der Waals surface area contributed by atoms with Gasteiger partial charge in [-0.3, -0.25) is 4.79 Å². The molecule has 0 saturated heterocycles. The molecule has 0 bridgehead atoms. The van der Waals surface area contributed by atoms with E-state index in [9.17, 15) is 9.90 Å². The van der Waals surface area contributed by atoms with E-state index in [2.05, 4.69) is 30.7 Å². The minimum absolute atomic E-state index is 0.0973. The van der Waals surface area contributed by atoms with Crippen LogP contribution in [-0.4, -0.2) is 24.3 Å². The third-order valence-electron chi connectivity index (χ3n) is 3.66. The minimum atomic E-state index is -0.562. The molecule has 3 heteroatoms. The monoisotopic (exact) mass is 234 g/mol. The highest BCUT2D eigenvalue weighted by molar-refractivity contribution is 5.40.